The number of thiazole rings is 1. The Labute approximate surface area is 118 Å². The molecule has 0 bridgehead atoms. The quantitative estimate of drug-likeness (QED) is 0.943. The molecule has 2 N–H and O–H groups in total. The molecule has 2 aromatic rings. The summed E-state index contributed by atoms with van der Waals surface area (Å²) >= 11 is 1.43. The molecule has 0 spiro atoms. The van der Waals surface area contributed by atoms with Crippen LogP contribution < -0.4 is 10.6 Å². The van der Waals surface area contributed by atoms with E-state index in [1.54, 1.807) is 17.5 Å². The molecule has 4 nitrogen and oxygen atoms in total. The van der Waals surface area contributed by atoms with Crippen LogP contribution in [0.2, 0.25) is 0 Å². The lowest BCUT2D eigenvalue weighted by Crippen LogP contribution is -2.22. The fourth-order valence-corrected chi connectivity index (χ4v) is 2.31. The third-order valence-corrected chi connectivity index (χ3v) is 3.35. The van der Waals surface area contributed by atoms with E-state index in [1.165, 1.54) is 17.4 Å². The Balaban J connectivity index is 2.32. The van der Waals surface area contributed by atoms with Crippen LogP contribution in [-0.2, 0) is 19.3 Å². The highest BCUT2D eigenvalue weighted by Gasteiger charge is 2.33. The number of anilines is 1. The molecular weight excluding hydrogens is 289 g/mol. The summed E-state index contributed by atoms with van der Waals surface area (Å²) in [6.45, 7) is 0.507. The molecule has 0 fully saturated rings. The Hall–Kier alpha value is -1.67. The number of nitrogens with two attached hydrogens (primary N) is 1. The molecule has 2 rings (SSSR count). The molecule has 0 aliphatic rings. The largest absolute Gasteiger partial charge is 0.433 e. The Morgan fingerprint density at radius 2 is 2.10 bits per heavy atom. The van der Waals surface area contributed by atoms with Crippen LogP contribution in [0, 0.1) is 0 Å². The molecule has 2 heterocycles. The topological polar surface area (TPSA) is 55.0 Å². The van der Waals surface area contributed by atoms with Gasteiger partial charge in [0.2, 0.25) is 0 Å². The fraction of sp³-hybridized carbons (Fsp3) is 0.333. The molecule has 0 saturated heterocycles. The number of halogens is 3. The van der Waals surface area contributed by atoms with E-state index in [2.05, 4.69) is 9.97 Å². The smallest absolute Gasteiger partial charge is 0.353 e. The average Bonchev–Trinajstić information content (AvgIpc) is 2.89. The van der Waals surface area contributed by atoms with Crippen molar-refractivity contribution >= 4 is 17.2 Å². The zero-order valence-electron chi connectivity index (χ0n) is 10.7. The van der Waals surface area contributed by atoms with Crippen molar-refractivity contribution in [3.8, 4) is 0 Å². The summed E-state index contributed by atoms with van der Waals surface area (Å²) in [6, 6.07) is 2.31. The second kappa shape index (κ2) is 5.76. The predicted octanol–water partition coefficient (Wildman–Crippen LogP) is 2.65. The number of alkyl halides is 3. The van der Waals surface area contributed by atoms with Crippen LogP contribution >= 0.6 is 11.3 Å². The van der Waals surface area contributed by atoms with Crippen LogP contribution in [0.4, 0.5) is 19.0 Å². The maximum absolute atomic E-state index is 12.7. The van der Waals surface area contributed by atoms with Gasteiger partial charge in [-0.2, -0.15) is 13.2 Å². The van der Waals surface area contributed by atoms with Crippen LogP contribution in [-0.4, -0.2) is 17.0 Å². The first-order chi connectivity index (χ1) is 9.41. The zero-order chi connectivity index (χ0) is 14.8. The minimum absolute atomic E-state index is 0.127. The van der Waals surface area contributed by atoms with Gasteiger partial charge < -0.3 is 10.6 Å². The van der Waals surface area contributed by atoms with Crippen molar-refractivity contribution < 1.29 is 13.2 Å². The molecule has 20 heavy (non-hydrogen) atoms. The molecule has 0 atom stereocenters. The van der Waals surface area contributed by atoms with E-state index in [-0.39, 0.29) is 12.4 Å². The van der Waals surface area contributed by atoms with E-state index in [0.29, 0.717) is 12.1 Å². The number of hydrogen-bond donors (Lipinski definition) is 1. The number of hydrogen-bond acceptors (Lipinski definition) is 5. The lowest BCUT2D eigenvalue weighted by atomic mass is 10.2. The molecule has 108 valence electrons. The molecule has 0 radical (unpaired) electrons. The van der Waals surface area contributed by atoms with E-state index >= 15 is 0 Å². The monoisotopic (exact) mass is 302 g/mol. The third-order valence-electron chi connectivity index (χ3n) is 2.71. The van der Waals surface area contributed by atoms with Gasteiger partial charge in [-0.3, -0.25) is 0 Å². The van der Waals surface area contributed by atoms with Gasteiger partial charge >= 0.3 is 6.18 Å². The SMILES string of the molecule is CN(Cc1cscn1)c1nc(C(F)(F)F)ccc1CN. The minimum Gasteiger partial charge on any atom is -0.353 e. The fourth-order valence-electron chi connectivity index (χ4n) is 1.76. The van der Waals surface area contributed by atoms with Gasteiger partial charge in [0.15, 0.2) is 0 Å². The average molecular weight is 302 g/mol. The van der Waals surface area contributed by atoms with Gasteiger partial charge in [-0.1, -0.05) is 6.07 Å². The normalized spacial score (nSPS) is 11.7. The Morgan fingerprint density at radius 3 is 2.65 bits per heavy atom. The molecule has 0 unspecified atom stereocenters. The van der Waals surface area contributed by atoms with Crippen molar-refractivity contribution in [2.75, 3.05) is 11.9 Å². The molecule has 8 heteroatoms. The van der Waals surface area contributed by atoms with Gasteiger partial charge in [-0.15, -0.1) is 11.3 Å². The number of pyridine rings is 1. The van der Waals surface area contributed by atoms with E-state index in [1.807, 2.05) is 5.38 Å². The number of nitrogens with zero attached hydrogens (tertiary/aromatic N) is 3. The standard InChI is InChI=1S/C12H13F3N4S/c1-19(5-9-6-20-7-17-9)11-8(4-16)2-3-10(18-11)12(13,14)15/h2-3,6-7H,4-5,16H2,1H3. The third kappa shape index (κ3) is 3.26. The summed E-state index contributed by atoms with van der Waals surface area (Å²) in [7, 11) is 1.67. The van der Waals surface area contributed by atoms with Crippen molar-refractivity contribution in [3.63, 3.8) is 0 Å². The maximum atomic E-state index is 12.7. The summed E-state index contributed by atoms with van der Waals surface area (Å²) in [5.74, 6) is 0.232. The summed E-state index contributed by atoms with van der Waals surface area (Å²) in [5.41, 5.74) is 7.65. The second-order valence-electron chi connectivity index (χ2n) is 4.22. The summed E-state index contributed by atoms with van der Waals surface area (Å²) in [6.07, 6.45) is -4.47. The van der Waals surface area contributed by atoms with Gasteiger partial charge in [0.1, 0.15) is 11.5 Å². The highest BCUT2D eigenvalue weighted by atomic mass is 32.1. The van der Waals surface area contributed by atoms with Crippen molar-refractivity contribution in [2.24, 2.45) is 5.73 Å². The van der Waals surface area contributed by atoms with Crippen molar-refractivity contribution in [3.05, 3.63) is 40.0 Å². The second-order valence-corrected chi connectivity index (χ2v) is 4.94. The molecule has 2 aromatic heterocycles. The highest BCUT2D eigenvalue weighted by molar-refractivity contribution is 7.07. The van der Waals surface area contributed by atoms with Crippen LogP contribution in [0.1, 0.15) is 17.0 Å². The molecule has 0 aliphatic heterocycles. The van der Waals surface area contributed by atoms with Crippen LogP contribution in [0.15, 0.2) is 23.0 Å². The molecule has 0 aromatic carbocycles. The van der Waals surface area contributed by atoms with Crippen LogP contribution in [0.3, 0.4) is 0 Å². The number of aromatic nitrogens is 2. The van der Waals surface area contributed by atoms with Crippen molar-refractivity contribution in [1.29, 1.82) is 0 Å². The van der Waals surface area contributed by atoms with E-state index in [0.717, 1.165) is 11.8 Å². The van der Waals surface area contributed by atoms with Gasteiger partial charge in [0.05, 0.1) is 17.7 Å². The number of rotatable bonds is 4. The summed E-state index contributed by atoms with van der Waals surface area (Å²) in [4.78, 5) is 9.41. The Morgan fingerprint density at radius 1 is 1.35 bits per heavy atom. The first kappa shape index (κ1) is 14.7. The van der Waals surface area contributed by atoms with Crippen LogP contribution in [0.5, 0.6) is 0 Å². The maximum Gasteiger partial charge on any atom is 0.433 e. The lowest BCUT2D eigenvalue weighted by molar-refractivity contribution is -0.141. The van der Waals surface area contributed by atoms with Gasteiger partial charge in [-0.05, 0) is 6.07 Å². The summed E-state index contributed by atoms with van der Waals surface area (Å²) < 4.78 is 38.2. The van der Waals surface area contributed by atoms with Gasteiger partial charge in [0, 0.05) is 24.5 Å². The molecule has 0 aliphatic carbocycles. The first-order valence-electron chi connectivity index (χ1n) is 5.77. The van der Waals surface area contributed by atoms with Crippen molar-refractivity contribution in [2.45, 2.75) is 19.3 Å². The zero-order valence-corrected chi connectivity index (χ0v) is 11.5. The predicted molar refractivity (Wildman–Crippen MR) is 71.4 cm³/mol. The van der Waals surface area contributed by atoms with E-state index in [4.69, 9.17) is 5.73 Å². The van der Waals surface area contributed by atoms with Gasteiger partial charge in [-0.25, -0.2) is 9.97 Å². The van der Waals surface area contributed by atoms with Crippen molar-refractivity contribution in [1.82, 2.24) is 9.97 Å². The van der Waals surface area contributed by atoms with Gasteiger partial charge in [0.25, 0.3) is 0 Å². The van der Waals surface area contributed by atoms with Crippen LogP contribution in [0.25, 0.3) is 0 Å². The highest BCUT2D eigenvalue weighted by Crippen LogP contribution is 2.30. The Bertz CT molecular complexity index is 569. The van der Waals surface area contributed by atoms with E-state index < -0.39 is 11.9 Å². The van der Waals surface area contributed by atoms with E-state index in [9.17, 15) is 13.2 Å². The molecular formula is C12H13F3N4S. The lowest BCUT2D eigenvalue weighted by Gasteiger charge is -2.21. The minimum atomic E-state index is -4.47. The summed E-state index contributed by atoms with van der Waals surface area (Å²) in [5, 5.41) is 1.84. The molecule has 0 amide bonds. The Kier molecular flexibility index (Phi) is 4.24. The molecule has 0 saturated carbocycles. The first-order valence-corrected chi connectivity index (χ1v) is 6.71.